The van der Waals surface area contributed by atoms with Gasteiger partial charge in [0.05, 0.1) is 16.8 Å². The second-order valence-electron chi connectivity index (χ2n) is 24.5. The summed E-state index contributed by atoms with van der Waals surface area (Å²) in [5.74, 6) is 0. The molecule has 2 aliphatic rings. The van der Waals surface area contributed by atoms with Crippen LogP contribution in [-0.4, -0.2) is 0 Å². The van der Waals surface area contributed by atoms with E-state index in [1.807, 2.05) is 0 Å². The van der Waals surface area contributed by atoms with Crippen LogP contribution in [0.15, 0.2) is 218 Å². The Balaban J connectivity index is 0.927. The molecule has 0 atom stereocenters. The lowest BCUT2D eigenvalue weighted by Gasteiger charge is -2.34. The molecule has 2 aliphatic carbocycles. The Bertz CT molecular complexity index is 4210. The number of benzene rings is 11. The average Bonchev–Trinajstić information content (AvgIpc) is 2.77. The molecule has 82 heavy (non-hydrogen) atoms. The van der Waals surface area contributed by atoms with Crippen molar-refractivity contribution in [2.24, 2.45) is 0 Å². The van der Waals surface area contributed by atoms with Crippen molar-refractivity contribution in [3.63, 3.8) is 0 Å². The maximum atomic E-state index is 2.52. The minimum atomic E-state index is -0.586. The Morgan fingerprint density at radius 2 is 0.524 bits per heavy atom. The molecule has 0 saturated carbocycles. The summed E-state index contributed by atoms with van der Waals surface area (Å²) in [6.45, 7) is 26.9. The Kier molecular flexibility index (Phi) is 12.7. The zero-order chi connectivity index (χ0) is 56.9. The van der Waals surface area contributed by atoms with Gasteiger partial charge in [0, 0.05) is 28.2 Å². The summed E-state index contributed by atoms with van der Waals surface area (Å²) < 4.78 is 0. The fourth-order valence-electron chi connectivity index (χ4n) is 14.2. The van der Waals surface area contributed by atoms with Crippen LogP contribution in [0.2, 0.25) is 0 Å². The lowest BCUT2D eigenvalue weighted by molar-refractivity contribution is 0.660. The van der Waals surface area contributed by atoms with Crippen molar-refractivity contribution in [2.45, 2.75) is 93.9 Å². The molecule has 0 spiro atoms. The van der Waals surface area contributed by atoms with E-state index in [1.54, 1.807) is 0 Å². The molecule has 0 bridgehead atoms. The lowest BCUT2D eigenvalue weighted by atomic mass is 9.67. The van der Waals surface area contributed by atoms with Crippen LogP contribution in [0.25, 0.3) is 44.5 Å². The fourth-order valence-corrected chi connectivity index (χ4v) is 14.2. The van der Waals surface area contributed by atoms with Crippen LogP contribution in [0.1, 0.15) is 103 Å². The average molecular weight is 1060 g/mol. The Morgan fingerprint density at radius 3 is 0.927 bits per heavy atom. The SMILES string of the molecule is Cc1ccc(N(c2ccc(N(c3ccc(-c4ccc5c(c4)C(c4ccc(C)cc4)(c4ccc(C)cc4)c4cc(-c6ccc7c(c6)C(C)(C)c6cc(C)ccc6-7)ccc4-5)cc3)c3c(C)cc(C)cc3C)cc2)c2c(C)cc(C)cc2C)cc1. The van der Waals surface area contributed by atoms with Gasteiger partial charge >= 0.3 is 0 Å². The Morgan fingerprint density at radius 1 is 0.244 bits per heavy atom. The summed E-state index contributed by atoms with van der Waals surface area (Å²) in [6.07, 6.45) is 0. The highest BCUT2D eigenvalue weighted by atomic mass is 15.2. The van der Waals surface area contributed by atoms with Gasteiger partial charge in [-0.05, 0) is 236 Å². The normalized spacial score (nSPS) is 13.3. The van der Waals surface area contributed by atoms with Crippen LogP contribution < -0.4 is 9.80 Å². The van der Waals surface area contributed by atoms with Crippen molar-refractivity contribution in [3.8, 4) is 44.5 Å². The van der Waals surface area contributed by atoms with E-state index in [2.05, 4.69) is 311 Å². The van der Waals surface area contributed by atoms with E-state index >= 15 is 0 Å². The molecule has 0 amide bonds. The van der Waals surface area contributed by atoms with Crippen LogP contribution in [0, 0.1) is 69.2 Å². The molecule has 0 heterocycles. The van der Waals surface area contributed by atoms with E-state index in [-0.39, 0.29) is 5.41 Å². The topological polar surface area (TPSA) is 6.48 Å². The van der Waals surface area contributed by atoms with Gasteiger partial charge in [0.2, 0.25) is 0 Å². The molecular weight excluding hydrogens is 989 g/mol. The van der Waals surface area contributed by atoms with Crippen LogP contribution in [0.3, 0.4) is 0 Å². The lowest BCUT2D eigenvalue weighted by Crippen LogP contribution is -2.28. The van der Waals surface area contributed by atoms with Gasteiger partial charge in [-0.2, -0.15) is 0 Å². The standard InChI is InChI=1S/C80H72N2/c1-49-13-25-63(26-14-49)80(64-27-15-50(2)16-28-64)75-47-60(22-39-71(75)72-40-24-62(48-76(72)80)61-23-38-70-69-37-19-52(4)45-73(69)79(11,12)74(70)46-61)59-20-31-66(32-21-59)82(78-57(9)43-54(6)44-58(78)10)68-35-33-67(34-36-68)81(65-29-17-51(3)18-30-65)77-55(7)41-53(5)42-56(77)8/h13-48H,1-12H3. The summed E-state index contributed by atoms with van der Waals surface area (Å²) in [5, 5.41) is 0. The molecule has 2 nitrogen and oxygen atoms in total. The van der Waals surface area contributed by atoms with Crippen molar-refractivity contribution >= 4 is 34.1 Å². The highest BCUT2D eigenvalue weighted by Gasteiger charge is 2.47. The first-order valence-electron chi connectivity index (χ1n) is 29.2. The van der Waals surface area contributed by atoms with Crippen LogP contribution in [0.5, 0.6) is 0 Å². The fraction of sp³-hybridized carbons (Fsp3) is 0.175. The number of fused-ring (bicyclic) bond motifs is 6. The maximum absolute atomic E-state index is 2.52. The van der Waals surface area contributed by atoms with Gasteiger partial charge in [0.15, 0.2) is 0 Å². The Hall–Kier alpha value is -8.98. The van der Waals surface area contributed by atoms with Crippen molar-refractivity contribution in [2.75, 3.05) is 9.80 Å². The molecule has 11 aromatic rings. The van der Waals surface area contributed by atoms with Gasteiger partial charge in [-0.15, -0.1) is 0 Å². The molecule has 0 saturated heterocycles. The predicted molar refractivity (Wildman–Crippen MR) is 349 cm³/mol. The van der Waals surface area contributed by atoms with Crippen molar-refractivity contribution in [1.82, 2.24) is 0 Å². The molecule has 0 fully saturated rings. The molecule has 0 aromatic heterocycles. The van der Waals surface area contributed by atoms with Gasteiger partial charge in [-0.3, -0.25) is 0 Å². The minimum absolute atomic E-state index is 0.101. The number of anilines is 6. The summed E-state index contributed by atoms with van der Waals surface area (Å²) in [5.41, 5.74) is 36.8. The van der Waals surface area contributed by atoms with Crippen LogP contribution >= 0.6 is 0 Å². The largest absolute Gasteiger partial charge is 0.310 e. The van der Waals surface area contributed by atoms with E-state index < -0.39 is 5.41 Å². The number of aryl methyl sites for hydroxylation is 10. The monoisotopic (exact) mass is 1060 g/mol. The molecule has 0 unspecified atom stereocenters. The summed E-state index contributed by atoms with van der Waals surface area (Å²) in [7, 11) is 0. The summed E-state index contributed by atoms with van der Waals surface area (Å²) in [6, 6.07) is 83.9. The Labute approximate surface area is 487 Å². The van der Waals surface area contributed by atoms with Crippen molar-refractivity contribution in [1.29, 1.82) is 0 Å². The zero-order valence-corrected chi connectivity index (χ0v) is 49.7. The smallest absolute Gasteiger partial charge is 0.0714 e. The first kappa shape index (κ1) is 52.4. The molecule has 0 N–H and O–H groups in total. The highest BCUT2D eigenvalue weighted by molar-refractivity contribution is 5.92. The number of nitrogens with zero attached hydrogens (tertiary/aromatic N) is 2. The van der Waals surface area contributed by atoms with Crippen LogP contribution in [-0.2, 0) is 10.8 Å². The van der Waals surface area contributed by atoms with Crippen molar-refractivity contribution < 1.29 is 0 Å². The third-order valence-electron chi connectivity index (χ3n) is 18.1. The van der Waals surface area contributed by atoms with Gasteiger partial charge in [-0.1, -0.05) is 199 Å². The number of hydrogen-bond acceptors (Lipinski definition) is 2. The van der Waals surface area contributed by atoms with Gasteiger partial charge in [0.25, 0.3) is 0 Å². The van der Waals surface area contributed by atoms with E-state index in [9.17, 15) is 0 Å². The maximum Gasteiger partial charge on any atom is 0.0714 e. The molecule has 402 valence electrons. The quantitative estimate of drug-likeness (QED) is 0.135. The van der Waals surface area contributed by atoms with E-state index in [0.717, 1.165) is 22.7 Å². The van der Waals surface area contributed by atoms with Crippen LogP contribution in [0.4, 0.5) is 34.1 Å². The highest BCUT2D eigenvalue weighted by Crippen LogP contribution is 2.58. The first-order valence-corrected chi connectivity index (χ1v) is 29.2. The predicted octanol–water partition coefficient (Wildman–Crippen LogP) is 21.7. The molecule has 2 heteroatoms. The minimum Gasteiger partial charge on any atom is -0.310 e. The van der Waals surface area contributed by atoms with E-state index in [4.69, 9.17) is 0 Å². The number of rotatable bonds is 10. The molecule has 13 rings (SSSR count). The molecule has 0 aliphatic heterocycles. The molecule has 0 radical (unpaired) electrons. The first-order chi connectivity index (χ1) is 39.5. The third kappa shape index (κ3) is 8.62. The van der Waals surface area contributed by atoms with E-state index in [1.165, 1.54) is 145 Å². The third-order valence-corrected chi connectivity index (χ3v) is 18.1. The second-order valence-corrected chi connectivity index (χ2v) is 24.5. The number of hydrogen-bond donors (Lipinski definition) is 0. The van der Waals surface area contributed by atoms with Crippen molar-refractivity contribution in [3.05, 3.63) is 307 Å². The van der Waals surface area contributed by atoms with E-state index in [0.29, 0.717) is 0 Å². The summed E-state index contributed by atoms with van der Waals surface area (Å²) in [4.78, 5) is 4.87. The molecular formula is C80H72N2. The zero-order valence-electron chi connectivity index (χ0n) is 49.7. The second kappa shape index (κ2) is 19.9. The molecule has 11 aromatic carbocycles. The summed E-state index contributed by atoms with van der Waals surface area (Å²) >= 11 is 0. The van der Waals surface area contributed by atoms with Gasteiger partial charge < -0.3 is 9.80 Å². The van der Waals surface area contributed by atoms with Gasteiger partial charge in [-0.25, -0.2) is 0 Å². The van der Waals surface area contributed by atoms with Gasteiger partial charge in [0.1, 0.15) is 0 Å².